The molecule has 29 heavy (non-hydrogen) atoms. The molecular formula is C24H26B2O3. The average Bonchev–Trinajstić information content (AvgIpc) is 2.67. The third-order valence-corrected chi connectivity index (χ3v) is 5.03. The summed E-state index contributed by atoms with van der Waals surface area (Å²) in [6.07, 6.45) is 1.97. The lowest BCUT2D eigenvalue weighted by molar-refractivity contribution is 0.441. The number of fused-ring (bicyclic) bond motifs is 2. The molecule has 1 aliphatic rings. The molecule has 3 aromatic rings. The van der Waals surface area contributed by atoms with Gasteiger partial charge in [0.05, 0.1) is 0 Å². The van der Waals surface area contributed by atoms with Gasteiger partial charge in [-0.05, 0) is 36.8 Å². The van der Waals surface area contributed by atoms with Gasteiger partial charge in [-0.25, -0.2) is 4.79 Å². The first-order valence-corrected chi connectivity index (χ1v) is 9.98. The summed E-state index contributed by atoms with van der Waals surface area (Å²) >= 11 is 0. The van der Waals surface area contributed by atoms with Crippen LogP contribution in [0.4, 0.5) is 0 Å². The standard InChI is InChI=1S/C13H15BO.C11H11BO2/c1-9-7-10(2)15-13-8-11(14(3)4)5-6-12(9)13;1-12(2)9-5-3-8-4-6-11(13)14-10(8)7-9/h5-8H,2H2,1,3-4H3;3-7H,1-2H3. The first kappa shape index (κ1) is 20.8. The molecule has 0 N–H and O–H groups in total. The van der Waals surface area contributed by atoms with Crippen LogP contribution in [0.25, 0.3) is 16.5 Å². The lowest BCUT2D eigenvalue weighted by Gasteiger charge is -2.19. The largest absolute Gasteiger partial charge is 0.457 e. The van der Waals surface area contributed by atoms with E-state index in [1.807, 2.05) is 18.2 Å². The number of ether oxygens (including phenoxy) is 1. The Balaban J connectivity index is 0.000000166. The van der Waals surface area contributed by atoms with E-state index in [4.69, 9.17) is 9.15 Å². The SMILES string of the molecule is C=C1C=C(C)c2ccc(B(C)C)cc2O1.CB(C)c1ccc2ccc(=O)oc2c1. The number of rotatable bonds is 2. The van der Waals surface area contributed by atoms with Gasteiger partial charge in [-0.3, -0.25) is 0 Å². The topological polar surface area (TPSA) is 39.4 Å². The van der Waals surface area contributed by atoms with E-state index >= 15 is 0 Å². The Morgan fingerprint density at radius 3 is 2.17 bits per heavy atom. The highest BCUT2D eigenvalue weighted by Gasteiger charge is 2.14. The molecule has 0 fully saturated rings. The van der Waals surface area contributed by atoms with Gasteiger partial charge in [0, 0.05) is 17.0 Å². The predicted molar refractivity (Wildman–Crippen MR) is 127 cm³/mol. The molecule has 0 amide bonds. The monoisotopic (exact) mass is 384 g/mol. The van der Waals surface area contributed by atoms with Crippen molar-refractivity contribution in [3.63, 3.8) is 0 Å². The molecule has 0 spiro atoms. The number of allylic oxidation sites excluding steroid dienone is 2. The second-order valence-corrected chi connectivity index (χ2v) is 8.01. The zero-order chi connectivity index (χ0) is 21.1. The lowest BCUT2D eigenvalue weighted by atomic mass is 9.49. The van der Waals surface area contributed by atoms with E-state index in [1.165, 1.54) is 28.1 Å². The molecule has 1 aliphatic heterocycles. The van der Waals surface area contributed by atoms with E-state index in [-0.39, 0.29) is 5.63 Å². The molecule has 0 aliphatic carbocycles. The maximum Gasteiger partial charge on any atom is 0.336 e. The van der Waals surface area contributed by atoms with Gasteiger partial charge >= 0.3 is 5.63 Å². The zero-order valence-corrected chi connectivity index (χ0v) is 17.8. The summed E-state index contributed by atoms with van der Waals surface area (Å²) in [5.74, 6) is 1.66. The highest BCUT2D eigenvalue weighted by Crippen LogP contribution is 2.31. The summed E-state index contributed by atoms with van der Waals surface area (Å²) in [6.45, 7) is 15.5. The highest BCUT2D eigenvalue weighted by atomic mass is 16.5. The highest BCUT2D eigenvalue weighted by molar-refractivity contribution is 6.71. The predicted octanol–water partition coefficient (Wildman–Crippen LogP) is 4.71. The normalized spacial score (nSPS) is 12.3. The molecule has 0 saturated carbocycles. The smallest absolute Gasteiger partial charge is 0.336 e. The molecule has 0 atom stereocenters. The van der Waals surface area contributed by atoms with Crippen molar-refractivity contribution in [3.05, 3.63) is 82.9 Å². The van der Waals surface area contributed by atoms with Crippen LogP contribution in [0.1, 0.15) is 12.5 Å². The molecule has 5 heteroatoms. The summed E-state index contributed by atoms with van der Waals surface area (Å²) in [5, 5.41) is 0.967. The molecule has 0 bridgehead atoms. The summed E-state index contributed by atoms with van der Waals surface area (Å²) in [7, 11) is 0. The van der Waals surface area contributed by atoms with Gasteiger partial charge in [0.1, 0.15) is 17.1 Å². The van der Waals surface area contributed by atoms with E-state index in [9.17, 15) is 4.79 Å². The summed E-state index contributed by atoms with van der Waals surface area (Å²) < 4.78 is 10.7. The Bertz CT molecular complexity index is 1140. The Kier molecular flexibility index (Phi) is 6.17. The molecular weight excluding hydrogens is 358 g/mol. The van der Waals surface area contributed by atoms with Gasteiger partial charge < -0.3 is 9.15 Å². The van der Waals surface area contributed by atoms with Gasteiger partial charge in [0.15, 0.2) is 13.4 Å². The average molecular weight is 384 g/mol. The Labute approximate surface area is 173 Å². The first-order valence-electron chi connectivity index (χ1n) is 9.98. The van der Waals surface area contributed by atoms with Gasteiger partial charge in [-0.1, -0.05) is 69.1 Å². The number of benzene rings is 2. The van der Waals surface area contributed by atoms with Crippen molar-refractivity contribution in [1.82, 2.24) is 0 Å². The molecule has 0 unspecified atom stereocenters. The minimum atomic E-state index is -0.293. The fourth-order valence-electron chi connectivity index (χ4n) is 3.23. The van der Waals surface area contributed by atoms with Crippen LogP contribution in [0.5, 0.6) is 5.75 Å². The first-order chi connectivity index (χ1) is 13.7. The van der Waals surface area contributed by atoms with Gasteiger partial charge in [-0.2, -0.15) is 0 Å². The fraction of sp³-hybridized carbons (Fsp3) is 0.208. The third-order valence-electron chi connectivity index (χ3n) is 5.03. The van der Waals surface area contributed by atoms with Crippen LogP contribution in [0.2, 0.25) is 27.3 Å². The van der Waals surface area contributed by atoms with Gasteiger partial charge in [0.2, 0.25) is 0 Å². The summed E-state index contributed by atoms with van der Waals surface area (Å²) in [6, 6.07) is 15.6. The van der Waals surface area contributed by atoms with E-state index < -0.39 is 0 Å². The number of hydrogen-bond acceptors (Lipinski definition) is 3. The van der Waals surface area contributed by atoms with Crippen molar-refractivity contribution in [1.29, 1.82) is 0 Å². The van der Waals surface area contributed by atoms with Gasteiger partial charge in [0.25, 0.3) is 0 Å². The molecule has 1 aromatic heterocycles. The molecule has 2 aromatic carbocycles. The maximum absolute atomic E-state index is 11.0. The van der Waals surface area contributed by atoms with Crippen molar-refractivity contribution in [2.75, 3.05) is 0 Å². The minimum Gasteiger partial charge on any atom is -0.457 e. The fourth-order valence-corrected chi connectivity index (χ4v) is 3.23. The van der Waals surface area contributed by atoms with E-state index in [2.05, 4.69) is 65.1 Å². The van der Waals surface area contributed by atoms with Crippen LogP contribution in [-0.4, -0.2) is 13.4 Å². The lowest BCUT2D eigenvalue weighted by Crippen LogP contribution is -2.23. The van der Waals surface area contributed by atoms with Crippen LogP contribution in [0.3, 0.4) is 0 Å². The van der Waals surface area contributed by atoms with E-state index in [0.717, 1.165) is 16.9 Å². The second-order valence-electron chi connectivity index (χ2n) is 8.01. The Hall–Kier alpha value is -2.94. The maximum atomic E-state index is 11.0. The zero-order valence-electron chi connectivity index (χ0n) is 17.8. The summed E-state index contributed by atoms with van der Waals surface area (Å²) in [5.41, 5.74) is 5.26. The van der Waals surface area contributed by atoms with Crippen LogP contribution in [-0.2, 0) is 0 Å². The molecule has 146 valence electrons. The molecule has 2 heterocycles. The molecule has 0 radical (unpaired) electrons. The van der Waals surface area contributed by atoms with Crippen molar-refractivity contribution in [3.8, 4) is 5.75 Å². The number of hydrogen-bond donors (Lipinski definition) is 0. The van der Waals surface area contributed by atoms with Crippen molar-refractivity contribution < 1.29 is 9.15 Å². The van der Waals surface area contributed by atoms with Gasteiger partial charge in [-0.15, -0.1) is 0 Å². The minimum absolute atomic E-state index is 0.293. The third kappa shape index (κ3) is 4.92. The van der Waals surface area contributed by atoms with E-state index in [0.29, 0.717) is 19.0 Å². The van der Waals surface area contributed by atoms with Crippen molar-refractivity contribution >= 4 is 40.9 Å². The molecule has 0 saturated heterocycles. The molecule has 4 rings (SSSR count). The van der Waals surface area contributed by atoms with Crippen LogP contribution < -0.4 is 21.3 Å². The van der Waals surface area contributed by atoms with Crippen LogP contribution >= 0.6 is 0 Å². The second kappa shape index (κ2) is 8.60. The van der Waals surface area contributed by atoms with Crippen molar-refractivity contribution in [2.24, 2.45) is 0 Å². The molecule has 3 nitrogen and oxygen atoms in total. The Morgan fingerprint density at radius 2 is 1.48 bits per heavy atom. The van der Waals surface area contributed by atoms with Crippen molar-refractivity contribution in [2.45, 2.75) is 34.2 Å². The van der Waals surface area contributed by atoms with E-state index in [1.54, 1.807) is 6.07 Å². The Morgan fingerprint density at radius 1 is 0.862 bits per heavy atom. The van der Waals surface area contributed by atoms with Crippen LogP contribution in [0.15, 0.2) is 76.2 Å². The summed E-state index contributed by atoms with van der Waals surface area (Å²) in [4.78, 5) is 11.0. The quantitative estimate of drug-likeness (QED) is 0.475. The van der Waals surface area contributed by atoms with Crippen LogP contribution in [0, 0.1) is 0 Å².